The van der Waals surface area contributed by atoms with Crippen LogP contribution in [0.2, 0.25) is 0 Å². The van der Waals surface area contributed by atoms with Gasteiger partial charge in [-0.25, -0.2) is 4.79 Å². The maximum atomic E-state index is 12.1. The molecule has 5 heteroatoms. The van der Waals surface area contributed by atoms with Crippen LogP contribution in [0.4, 0.5) is 0 Å². The Morgan fingerprint density at radius 2 is 1.60 bits per heavy atom. The number of carbonyl (C=O) groups excluding carboxylic acids is 1. The fourth-order valence-corrected chi connectivity index (χ4v) is 2.50. The fourth-order valence-electron chi connectivity index (χ4n) is 2.50. The lowest BCUT2D eigenvalue weighted by molar-refractivity contribution is -0.130. The number of carbonyl (C=O) groups is 1. The molecule has 0 amide bonds. The first-order valence-electron chi connectivity index (χ1n) is 7.66. The molecule has 0 bridgehead atoms. The van der Waals surface area contributed by atoms with Crippen LogP contribution >= 0.6 is 0 Å². The fraction of sp³-hybridized carbons (Fsp3) is 0.150. The SMILES string of the molecule is COc1ccc(/C=C2/C=C(c3ccc(OC)c(OC)c3)OC2=O)cc1. The number of methoxy groups -OCH3 is 3. The second kappa shape index (κ2) is 7.13. The van der Waals surface area contributed by atoms with Gasteiger partial charge < -0.3 is 18.9 Å². The molecule has 0 aliphatic carbocycles. The van der Waals surface area contributed by atoms with Crippen LogP contribution in [0.15, 0.2) is 54.1 Å². The smallest absolute Gasteiger partial charge is 0.343 e. The summed E-state index contributed by atoms with van der Waals surface area (Å²) in [4.78, 5) is 12.1. The normalized spacial score (nSPS) is 14.9. The molecule has 0 saturated carbocycles. The topological polar surface area (TPSA) is 54.0 Å². The van der Waals surface area contributed by atoms with Crippen LogP contribution in [0.25, 0.3) is 11.8 Å². The van der Waals surface area contributed by atoms with Crippen molar-refractivity contribution in [3.05, 3.63) is 65.2 Å². The molecule has 0 radical (unpaired) electrons. The number of cyclic esters (lactones) is 1. The van der Waals surface area contributed by atoms with E-state index in [2.05, 4.69) is 0 Å². The molecule has 2 aromatic rings. The molecule has 128 valence electrons. The maximum absolute atomic E-state index is 12.1. The van der Waals surface area contributed by atoms with Crippen LogP contribution in [-0.2, 0) is 9.53 Å². The van der Waals surface area contributed by atoms with Crippen molar-refractivity contribution in [2.75, 3.05) is 21.3 Å². The first kappa shape index (κ1) is 16.6. The summed E-state index contributed by atoms with van der Waals surface area (Å²) in [5.74, 6) is 2.04. The summed E-state index contributed by atoms with van der Waals surface area (Å²) in [6.45, 7) is 0. The molecule has 0 N–H and O–H groups in total. The molecule has 1 aliphatic rings. The standard InChI is InChI=1S/C20H18O5/c1-22-16-7-4-13(5-8-16)10-15-12-18(25-20(15)21)14-6-9-17(23-2)19(11-14)24-3/h4-12H,1-3H3/b15-10-. The lowest BCUT2D eigenvalue weighted by Gasteiger charge is -2.09. The van der Waals surface area contributed by atoms with Crippen molar-refractivity contribution in [2.24, 2.45) is 0 Å². The molecule has 1 aliphatic heterocycles. The van der Waals surface area contributed by atoms with E-state index in [0.29, 0.717) is 22.8 Å². The minimum absolute atomic E-state index is 0.388. The molecule has 0 spiro atoms. The minimum atomic E-state index is -0.388. The highest BCUT2D eigenvalue weighted by Crippen LogP contribution is 2.34. The van der Waals surface area contributed by atoms with Crippen LogP contribution in [0.5, 0.6) is 17.2 Å². The van der Waals surface area contributed by atoms with Gasteiger partial charge in [0.1, 0.15) is 11.5 Å². The molecular weight excluding hydrogens is 320 g/mol. The molecule has 25 heavy (non-hydrogen) atoms. The first-order valence-corrected chi connectivity index (χ1v) is 7.66. The molecule has 2 aromatic carbocycles. The van der Waals surface area contributed by atoms with Gasteiger partial charge in [-0.1, -0.05) is 12.1 Å². The van der Waals surface area contributed by atoms with Crippen molar-refractivity contribution in [3.8, 4) is 17.2 Å². The minimum Gasteiger partial charge on any atom is -0.497 e. The molecule has 0 unspecified atom stereocenters. The Kier molecular flexibility index (Phi) is 4.75. The number of rotatable bonds is 5. The lowest BCUT2D eigenvalue weighted by atomic mass is 10.1. The summed E-state index contributed by atoms with van der Waals surface area (Å²) in [6, 6.07) is 12.8. The lowest BCUT2D eigenvalue weighted by Crippen LogP contribution is -1.98. The van der Waals surface area contributed by atoms with Crippen molar-refractivity contribution in [1.82, 2.24) is 0 Å². The zero-order valence-electron chi connectivity index (χ0n) is 14.2. The van der Waals surface area contributed by atoms with E-state index in [1.807, 2.05) is 30.3 Å². The zero-order chi connectivity index (χ0) is 17.8. The summed E-state index contributed by atoms with van der Waals surface area (Å²) in [6.07, 6.45) is 3.49. The van der Waals surface area contributed by atoms with Crippen LogP contribution in [0.1, 0.15) is 11.1 Å². The summed E-state index contributed by atoms with van der Waals surface area (Å²) in [5, 5.41) is 0. The van der Waals surface area contributed by atoms with Crippen molar-refractivity contribution in [1.29, 1.82) is 0 Å². The van der Waals surface area contributed by atoms with E-state index in [0.717, 1.165) is 16.9 Å². The number of ether oxygens (including phenoxy) is 4. The van der Waals surface area contributed by atoms with E-state index in [4.69, 9.17) is 18.9 Å². The van der Waals surface area contributed by atoms with Crippen LogP contribution < -0.4 is 14.2 Å². The number of hydrogen-bond acceptors (Lipinski definition) is 5. The summed E-state index contributed by atoms with van der Waals surface area (Å²) in [7, 11) is 4.74. The van der Waals surface area contributed by atoms with E-state index >= 15 is 0 Å². The van der Waals surface area contributed by atoms with E-state index in [-0.39, 0.29) is 5.97 Å². The maximum Gasteiger partial charge on any atom is 0.343 e. The predicted molar refractivity (Wildman–Crippen MR) is 94.6 cm³/mol. The Bertz CT molecular complexity index is 847. The van der Waals surface area contributed by atoms with E-state index < -0.39 is 0 Å². The molecule has 0 saturated heterocycles. The van der Waals surface area contributed by atoms with E-state index in [1.165, 1.54) is 0 Å². The van der Waals surface area contributed by atoms with Gasteiger partial charge in [0, 0.05) is 5.56 Å². The Balaban J connectivity index is 1.90. The Hall–Kier alpha value is -3.21. The molecule has 5 nitrogen and oxygen atoms in total. The highest BCUT2D eigenvalue weighted by Gasteiger charge is 2.22. The Morgan fingerprint density at radius 3 is 2.24 bits per heavy atom. The third-order valence-electron chi connectivity index (χ3n) is 3.83. The molecule has 0 fully saturated rings. The quantitative estimate of drug-likeness (QED) is 0.615. The monoisotopic (exact) mass is 338 g/mol. The van der Waals surface area contributed by atoms with Crippen molar-refractivity contribution < 1.29 is 23.7 Å². The van der Waals surface area contributed by atoms with Gasteiger partial charge in [0.15, 0.2) is 11.5 Å². The molecule has 0 aromatic heterocycles. The van der Waals surface area contributed by atoms with Gasteiger partial charge in [-0.15, -0.1) is 0 Å². The second-order valence-corrected chi connectivity index (χ2v) is 5.34. The number of benzene rings is 2. The molecule has 3 rings (SSSR count). The zero-order valence-corrected chi connectivity index (χ0v) is 14.2. The largest absolute Gasteiger partial charge is 0.497 e. The molecular formula is C20H18O5. The van der Waals surface area contributed by atoms with Gasteiger partial charge in [-0.3, -0.25) is 0 Å². The van der Waals surface area contributed by atoms with E-state index in [1.54, 1.807) is 45.6 Å². The van der Waals surface area contributed by atoms with Gasteiger partial charge in [-0.2, -0.15) is 0 Å². The average Bonchev–Trinajstić information content (AvgIpc) is 3.02. The number of hydrogen-bond donors (Lipinski definition) is 0. The van der Waals surface area contributed by atoms with Crippen molar-refractivity contribution in [3.63, 3.8) is 0 Å². The molecule has 1 heterocycles. The van der Waals surface area contributed by atoms with Crippen molar-refractivity contribution in [2.45, 2.75) is 0 Å². The highest BCUT2D eigenvalue weighted by atomic mass is 16.5. The van der Waals surface area contributed by atoms with Crippen molar-refractivity contribution >= 4 is 17.8 Å². The third kappa shape index (κ3) is 3.50. The first-order chi connectivity index (χ1) is 12.1. The highest BCUT2D eigenvalue weighted by molar-refractivity contribution is 6.05. The van der Waals surface area contributed by atoms with Crippen LogP contribution in [0.3, 0.4) is 0 Å². The van der Waals surface area contributed by atoms with Gasteiger partial charge in [-0.05, 0) is 48.0 Å². The third-order valence-corrected chi connectivity index (χ3v) is 3.83. The Labute approximate surface area is 146 Å². The van der Waals surface area contributed by atoms with Crippen LogP contribution in [-0.4, -0.2) is 27.3 Å². The predicted octanol–water partition coefficient (Wildman–Crippen LogP) is 3.69. The number of esters is 1. The summed E-state index contributed by atoms with van der Waals surface area (Å²) in [5.41, 5.74) is 2.11. The van der Waals surface area contributed by atoms with Gasteiger partial charge >= 0.3 is 5.97 Å². The van der Waals surface area contributed by atoms with Gasteiger partial charge in [0.2, 0.25) is 0 Å². The Morgan fingerprint density at radius 1 is 0.880 bits per heavy atom. The second-order valence-electron chi connectivity index (χ2n) is 5.34. The summed E-state index contributed by atoms with van der Waals surface area (Å²) >= 11 is 0. The van der Waals surface area contributed by atoms with Gasteiger partial charge in [0.25, 0.3) is 0 Å². The summed E-state index contributed by atoms with van der Waals surface area (Å²) < 4.78 is 21.0. The van der Waals surface area contributed by atoms with E-state index in [9.17, 15) is 4.79 Å². The molecule has 0 atom stereocenters. The van der Waals surface area contributed by atoms with Crippen LogP contribution in [0, 0.1) is 0 Å². The van der Waals surface area contributed by atoms with Gasteiger partial charge in [0.05, 0.1) is 26.9 Å². The average molecular weight is 338 g/mol.